The highest BCUT2D eigenvalue weighted by Crippen LogP contribution is 2.26. The Labute approximate surface area is 129 Å². The van der Waals surface area contributed by atoms with Gasteiger partial charge in [0.2, 0.25) is 11.8 Å². The number of nitrogens with one attached hydrogen (secondary N) is 1. The zero-order valence-electron chi connectivity index (χ0n) is 13.0. The third-order valence-electron chi connectivity index (χ3n) is 4.28. The molecule has 2 rings (SSSR count). The molecule has 0 radical (unpaired) electrons. The van der Waals surface area contributed by atoms with Gasteiger partial charge in [-0.1, -0.05) is 18.5 Å². The summed E-state index contributed by atoms with van der Waals surface area (Å²) < 4.78 is 1.57. The van der Waals surface area contributed by atoms with Crippen molar-refractivity contribution in [1.82, 2.24) is 20.0 Å². The van der Waals surface area contributed by atoms with E-state index in [0.29, 0.717) is 18.1 Å². The SMILES string of the molecule is CCC1(C)NC(=O)C(C)N(Cc2c(C)nn(C)c2Cl)C1=O. The molecule has 0 aliphatic carbocycles. The van der Waals surface area contributed by atoms with E-state index in [1.807, 2.05) is 13.8 Å². The van der Waals surface area contributed by atoms with E-state index in [2.05, 4.69) is 10.4 Å². The monoisotopic (exact) mass is 312 g/mol. The van der Waals surface area contributed by atoms with Gasteiger partial charge in [-0.25, -0.2) is 0 Å². The predicted molar refractivity (Wildman–Crippen MR) is 79.8 cm³/mol. The van der Waals surface area contributed by atoms with Gasteiger partial charge in [-0.05, 0) is 27.2 Å². The minimum absolute atomic E-state index is 0.0866. The number of hydrogen-bond acceptors (Lipinski definition) is 3. The number of halogens is 1. The van der Waals surface area contributed by atoms with E-state index < -0.39 is 11.6 Å². The number of aryl methyl sites for hydroxylation is 2. The highest BCUT2D eigenvalue weighted by molar-refractivity contribution is 6.30. The average molecular weight is 313 g/mol. The van der Waals surface area contributed by atoms with Gasteiger partial charge in [0, 0.05) is 12.6 Å². The number of amides is 2. The zero-order valence-corrected chi connectivity index (χ0v) is 13.8. The Morgan fingerprint density at radius 1 is 1.43 bits per heavy atom. The zero-order chi connectivity index (χ0) is 15.9. The predicted octanol–water partition coefficient (Wildman–Crippen LogP) is 1.40. The second kappa shape index (κ2) is 5.33. The summed E-state index contributed by atoms with van der Waals surface area (Å²) in [5.74, 6) is -0.229. The van der Waals surface area contributed by atoms with Crippen LogP contribution in [0.5, 0.6) is 0 Å². The first-order chi connectivity index (χ1) is 9.71. The Kier molecular flexibility index (Phi) is 4.02. The molecule has 1 saturated heterocycles. The van der Waals surface area contributed by atoms with Gasteiger partial charge in [-0.3, -0.25) is 14.3 Å². The molecule has 1 N–H and O–H groups in total. The molecule has 1 aliphatic heterocycles. The smallest absolute Gasteiger partial charge is 0.249 e. The van der Waals surface area contributed by atoms with Crippen LogP contribution in [0.2, 0.25) is 5.15 Å². The fourth-order valence-corrected chi connectivity index (χ4v) is 2.77. The van der Waals surface area contributed by atoms with Crippen LogP contribution in [0.25, 0.3) is 0 Å². The van der Waals surface area contributed by atoms with Gasteiger partial charge in [0.15, 0.2) is 0 Å². The van der Waals surface area contributed by atoms with E-state index in [9.17, 15) is 9.59 Å². The van der Waals surface area contributed by atoms with Crippen molar-refractivity contribution in [2.45, 2.75) is 52.2 Å². The Morgan fingerprint density at radius 3 is 2.52 bits per heavy atom. The fourth-order valence-electron chi connectivity index (χ4n) is 2.54. The Hall–Kier alpha value is -1.56. The molecule has 2 amide bonds. The van der Waals surface area contributed by atoms with Crippen molar-refractivity contribution in [3.8, 4) is 0 Å². The number of carbonyl (C=O) groups excluding carboxylic acids is 2. The van der Waals surface area contributed by atoms with Crippen LogP contribution in [0.3, 0.4) is 0 Å². The molecule has 2 atom stereocenters. The van der Waals surface area contributed by atoms with Crippen molar-refractivity contribution in [1.29, 1.82) is 0 Å². The standard InChI is InChI=1S/C14H21ClN4O2/c1-6-14(4)13(21)19(9(3)12(20)16-14)7-10-8(2)17-18(5)11(10)15/h9H,6-7H2,1-5H3,(H,16,20). The van der Waals surface area contributed by atoms with Crippen molar-refractivity contribution >= 4 is 23.4 Å². The van der Waals surface area contributed by atoms with Gasteiger partial charge in [0.25, 0.3) is 0 Å². The van der Waals surface area contributed by atoms with E-state index in [4.69, 9.17) is 11.6 Å². The van der Waals surface area contributed by atoms with Crippen LogP contribution in [0, 0.1) is 6.92 Å². The number of nitrogens with zero attached hydrogens (tertiary/aromatic N) is 3. The molecule has 1 aromatic heterocycles. The third kappa shape index (κ3) is 2.52. The van der Waals surface area contributed by atoms with Gasteiger partial charge in [-0.2, -0.15) is 5.10 Å². The number of piperazine rings is 1. The summed E-state index contributed by atoms with van der Waals surface area (Å²) in [5, 5.41) is 7.55. The quantitative estimate of drug-likeness (QED) is 0.917. The number of rotatable bonds is 3. The topological polar surface area (TPSA) is 67.2 Å². The maximum atomic E-state index is 12.7. The van der Waals surface area contributed by atoms with Crippen LogP contribution < -0.4 is 5.32 Å². The summed E-state index contributed by atoms with van der Waals surface area (Å²) in [6, 6.07) is -0.521. The van der Waals surface area contributed by atoms with Crippen molar-refractivity contribution in [3.05, 3.63) is 16.4 Å². The van der Waals surface area contributed by atoms with Crippen molar-refractivity contribution < 1.29 is 9.59 Å². The first-order valence-electron chi connectivity index (χ1n) is 7.02. The normalized spacial score (nSPS) is 26.2. The van der Waals surface area contributed by atoms with Crippen LogP contribution in [-0.4, -0.2) is 38.1 Å². The van der Waals surface area contributed by atoms with Crippen molar-refractivity contribution in [3.63, 3.8) is 0 Å². The van der Waals surface area contributed by atoms with Gasteiger partial charge in [0.1, 0.15) is 16.7 Å². The summed E-state index contributed by atoms with van der Waals surface area (Å²) in [6.45, 7) is 7.50. The summed E-state index contributed by atoms with van der Waals surface area (Å²) in [4.78, 5) is 26.4. The van der Waals surface area contributed by atoms with E-state index in [1.165, 1.54) is 0 Å². The van der Waals surface area contributed by atoms with Gasteiger partial charge in [-0.15, -0.1) is 0 Å². The number of aromatic nitrogens is 2. The molecule has 116 valence electrons. The van der Waals surface area contributed by atoms with E-state index in [0.717, 1.165) is 11.3 Å². The van der Waals surface area contributed by atoms with Crippen LogP contribution in [0.1, 0.15) is 38.4 Å². The van der Waals surface area contributed by atoms with Gasteiger partial charge in [0.05, 0.1) is 12.2 Å². The van der Waals surface area contributed by atoms with Crippen molar-refractivity contribution in [2.24, 2.45) is 7.05 Å². The van der Waals surface area contributed by atoms with Gasteiger partial charge < -0.3 is 10.2 Å². The maximum Gasteiger partial charge on any atom is 0.249 e. The second-order valence-electron chi connectivity index (χ2n) is 5.76. The van der Waals surface area contributed by atoms with Crippen molar-refractivity contribution in [2.75, 3.05) is 0 Å². The fraction of sp³-hybridized carbons (Fsp3) is 0.643. The lowest BCUT2D eigenvalue weighted by Crippen LogP contribution is -2.68. The molecule has 1 aliphatic rings. The minimum Gasteiger partial charge on any atom is -0.340 e. The molecule has 6 nitrogen and oxygen atoms in total. The molecular formula is C14H21ClN4O2. The molecule has 0 saturated carbocycles. The molecular weight excluding hydrogens is 292 g/mol. The Bertz CT molecular complexity index is 598. The molecule has 0 bridgehead atoms. The summed E-state index contributed by atoms with van der Waals surface area (Å²) in [6.07, 6.45) is 0.542. The molecule has 2 heterocycles. The van der Waals surface area contributed by atoms with Crippen LogP contribution in [-0.2, 0) is 23.2 Å². The largest absolute Gasteiger partial charge is 0.340 e. The van der Waals surface area contributed by atoms with Crippen LogP contribution >= 0.6 is 11.6 Å². The van der Waals surface area contributed by atoms with Crippen LogP contribution in [0.15, 0.2) is 0 Å². The molecule has 1 fully saturated rings. The lowest BCUT2D eigenvalue weighted by molar-refractivity contribution is -0.154. The second-order valence-corrected chi connectivity index (χ2v) is 6.12. The Balaban J connectivity index is 2.36. The van der Waals surface area contributed by atoms with E-state index in [1.54, 1.807) is 30.5 Å². The average Bonchev–Trinajstić information content (AvgIpc) is 2.67. The first kappa shape index (κ1) is 15.8. The Morgan fingerprint density at radius 2 is 2.05 bits per heavy atom. The maximum absolute atomic E-state index is 12.7. The summed E-state index contributed by atoms with van der Waals surface area (Å²) >= 11 is 6.23. The summed E-state index contributed by atoms with van der Waals surface area (Å²) in [5.41, 5.74) is 0.700. The molecule has 0 aromatic carbocycles. The lowest BCUT2D eigenvalue weighted by atomic mass is 9.92. The lowest BCUT2D eigenvalue weighted by Gasteiger charge is -2.43. The molecule has 21 heavy (non-hydrogen) atoms. The number of hydrogen-bond donors (Lipinski definition) is 1. The molecule has 0 spiro atoms. The van der Waals surface area contributed by atoms with E-state index >= 15 is 0 Å². The first-order valence-corrected chi connectivity index (χ1v) is 7.40. The molecule has 7 heteroatoms. The molecule has 1 aromatic rings. The van der Waals surface area contributed by atoms with Crippen LogP contribution in [0.4, 0.5) is 0 Å². The number of carbonyl (C=O) groups is 2. The van der Waals surface area contributed by atoms with E-state index in [-0.39, 0.29) is 11.8 Å². The highest BCUT2D eigenvalue weighted by atomic mass is 35.5. The van der Waals surface area contributed by atoms with Gasteiger partial charge >= 0.3 is 0 Å². The molecule has 2 unspecified atom stereocenters. The summed E-state index contributed by atoms with van der Waals surface area (Å²) in [7, 11) is 1.75. The highest BCUT2D eigenvalue weighted by Gasteiger charge is 2.45. The third-order valence-corrected chi connectivity index (χ3v) is 4.76. The minimum atomic E-state index is -0.855.